The second kappa shape index (κ2) is 12.0. The number of alkyl carbamates (subject to hydrolysis) is 1. The van der Waals surface area contributed by atoms with Crippen LogP contribution in [0.2, 0.25) is 0 Å². The number of ether oxygens (including phenoxy) is 1. The van der Waals surface area contributed by atoms with Crippen molar-refractivity contribution in [1.29, 1.82) is 0 Å². The van der Waals surface area contributed by atoms with Crippen LogP contribution < -0.4 is 5.32 Å². The van der Waals surface area contributed by atoms with Crippen molar-refractivity contribution in [3.63, 3.8) is 0 Å². The second-order valence-corrected chi connectivity index (χ2v) is 5.40. The number of hydrogen-bond acceptors (Lipinski definition) is 4. The number of nitrogens with one attached hydrogen (secondary N) is 2. The Morgan fingerprint density at radius 2 is 2.05 bits per heavy atom. The summed E-state index contributed by atoms with van der Waals surface area (Å²) in [4.78, 5) is 31.6. The quantitative estimate of drug-likeness (QED) is 0.798. The Labute approximate surface area is 139 Å². The zero-order chi connectivity index (χ0) is 17.0. The molecule has 2 amide bonds. The molecular weight excluding hydrogens is 352 g/mol. The number of aromatic nitrogens is 2. The highest BCUT2D eigenvalue weighted by atomic mass is 79.9. The van der Waals surface area contributed by atoms with Crippen molar-refractivity contribution >= 4 is 27.9 Å². The number of carbonyl (C=O) groups is 2. The number of halogens is 1. The van der Waals surface area contributed by atoms with E-state index in [1.54, 1.807) is 11.1 Å². The van der Waals surface area contributed by atoms with Crippen LogP contribution in [0.1, 0.15) is 39.4 Å². The van der Waals surface area contributed by atoms with Gasteiger partial charge in [0.1, 0.15) is 17.0 Å². The van der Waals surface area contributed by atoms with Gasteiger partial charge in [0.15, 0.2) is 0 Å². The van der Waals surface area contributed by atoms with Crippen LogP contribution in [0.4, 0.5) is 4.79 Å². The summed E-state index contributed by atoms with van der Waals surface area (Å²) in [7, 11) is 1.25. The lowest BCUT2D eigenvalue weighted by Gasteiger charge is -2.21. The molecule has 0 aliphatic carbocycles. The SMILES string of the molecule is CCC.CCCN(Cc1ncc(Br)[nH]1)C(=O)CNC(=O)OC. The van der Waals surface area contributed by atoms with Gasteiger partial charge in [-0.15, -0.1) is 0 Å². The summed E-state index contributed by atoms with van der Waals surface area (Å²) in [6, 6.07) is 0. The lowest BCUT2D eigenvalue weighted by Crippen LogP contribution is -2.40. The second-order valence-electron chi connectivity index (χ2n) is 4.55. The molecule has 0 saturated carbocycles. The average Bonchev–Trinajstić information content (AvgIpc) is 2.90. The number of carbonyl (C=O) groups excluding carboxylic acids is 2. The monoisotopic (exact) mass is 376 g/mol. The van der Waals surface area contributed by atoms with E-state index < -0.39 is 6.09 Å². The predicted octanol–water partition coefficient (Wildman–Crippen LogP) is 2.68. The molecule has 126 valence electrons. The van der Waals surface area contributed by atoms with Gasteiger partial charge in [-0.2, -0.15) is 0 Å². The highest BCUT2D eigenvalue weighted by Gasteiger charge is 2.15. The summed E-state index contributed by atoms with van der Waals surface area (Å²) in [5.74, 6) is 0.506. The Hall–Kier alpha value is -1.57. The first-order chi connectivity index (χ1) is 10.5. The molecule has 0 fully saturated rings. The predicted molar refractivity (Wildman–Crippen MR) is 88.4 cm³/mol. The number of aromatic amines is 1. The highest BCUT2D eigenvalue weighted by Crippen LogP contribution is 2.07. The maximum Gasteiger partial charge on any atom is 0.407 e. The summed E-state index contributed by atoms with van der Waals surface area (Å²) in [6.07, 6.45) is 3.09. The molecule has 0 aliphatic rings. The van der Waals surface area contributed by atoms with Gasteiger partial charge in [0.05, 0.1) is 19.9 Å². The minimum absolute atomic E-state index is 0.0887. The Morgan fingerprint density at radius 3 is 2.50 bits per heavy atom. The van der Waals surface area contributed by atoms with Gasteiger partial charge < -0.3 is 19.9 Å². The fourth-order valence-corrected chi connectivity index (χ4v) is 1.82. The average molecular weight is 377 g/mol. The van der Waals surface area contributed by atoms with Crippen molar-refractivity contribution in [1.82, 2.24) is 20.2 Å². The van der Waals surface area contributed by atoms with Gasteiger partial charge in [0, 0.05) is 6.54 Å². The summed E-state index contributed by atoms with van der Waals surface area (Å²) < 4.78 is 5.18. The minimum atomic E-state index is -0.620. The molecule has 1 rings (SSSR count). The number of hydrogen-bond donors (Lipinski definition) is 2. The van der Waals surface area contributed by atoms with Gasteiger partial charge in [0.25, 0.3) is 0 Å². The standard InChI is InChI=1S/C11H17BrN4O3.C3H8/c1-3-4-16(7-9-13-5-8(12)15-9)10(17)6-14-11(18)19-2;1-3-2/h5H,3-4,6-7H2,1-2H3,(H,13,15)(H,14,18);3H2,1-2H3. The van der Waals surface area contributed by atoms with Crippen molar-refractivity contribution < 1.29 is 14.3 Å². The molecule has 7 nitrogen and oxygen atoms in total. The molecule has 8 heteroatoms. The minimum Gasteiger partial charge on any atom is -0.453 e. The summed E-state index contributed by atoms with van der Waals surface area (Å²) in [5, 5.41) is 2.37. The Bertz CT molecular complexity index is 451. The number of rotatable bonds is 6. The maximum atomic E-state index is 12.0. The first kappa shape index (κ1) is 20.4. The van der Waals surface area contributed by atoms with Crippen molar-refractivity contribution in [3.05, 3.63) is 16.6 Å². The van der Waals surface area contributed by atoms with Crippen LogP contribution in [0, 0.1) is 0 Å². The topological polar surface area (TPSA) is 87.3 Å². The largest absolute Gasteiger partial charge is 0.453 e. The molecule has 0 saturated heterocycles. The highest BCUT2D eigenvalue weighted by molar-refractivity contribution is 9.10. The molecule has 0 bridgehead atoms. The molecule has 0 spiro atoms. The van der Waals surface area contributed by atoms with E-state index in [4.69, 9.17) is 0 Å². The molecule has 0 aliphatic heterocycles. The van der Waals surface area contributed by atoms with E-state index in [0.29, 0.717) is 18.9 Å². The van der Waals surface area contributed by atoms with Crippen LogP contribution >= 0.6 is 15.9 Å². The number of nitrogens with zero attached hydrogens (tertiary/aromatic N) is 2. The van der Waals surface area contributed by atoms with E-state index in [9.17, 15) is 9.59 Å². The Morgan fingerprint density at radius 1 is 1.41 bits per heavy atom. The molecular formula is C14H25BrN4O3. The lowest BCUT2D eigenvalue weighted by molar-refractivity contribution is -0.130. The van der Waals surface area contributed by atoms with Gasteiger partial charge in [0.2, 0.25) is 5.91 Å². The zero-order valence-electron chi connectivity index (χ0n) is 13.6. The van der Waals surface area contributed by atoms with Gasteiger partial charge >= 0.3 is 6.09 Å². The van der Waals surface area contributed by atoms with Crippen LogP contribution in [0.3, 0.4) is 0 Å². The molecule has 1 heterocycles. The van der Waals surface area contributed by atoms with Crippen LogP contribution in [-0.2, 0) is 16.1 Å². The normalized spacial score (nSPS) is 9.50. The maximum absolute atomic E-state index is 12.0. The van der Waals surface area contributed by atoms with Gasteiger partial charge in [-0.25, -0.2) is 9.78 Å². The summed E-state index contributed by atoms with van der Waals surface area (Å²) in [6.45, 7) is 7.11. The van der Waals surface area contributed by atoms with Crippen molar-refractivity contribution in [2.45, 2.75) is 40.2 Å². The molecule has 0 radical (unpaired) electrons. The fourth-order valence-electron chi connectivity index (χ4n) is 1.49. The molecule has 22 heavy (non-hydrogen) atoms. The Balaban J connectivity index is 0.00000135. The van der Waals surface area contributed by atoms with Crippen molar-refractivity contribution in [2.75, 3.05) is 20.2 Å². The first-order valence-corrected chi connectivity index (χ1v) is 8.06. The third kappa shape index (κ3) is 8.66. The number of H-pyrrole nitrogens is 1. The smallest absolute Gasteiger partial charge is 0.407 e. The lowest BCUT2D eigenvalue weighted by atomic mass is 10.3. The number of amides is 2. The molecule has 1 aromatic rings. The van der Waals surface area contributed by atoms with E-state index >= 15 is 0 Å². The van der Waals surface area contributed by atoms with Crippen LogP contribution in [0.25, 0.3) is 0 Å². The van der Waals surface area contributed by atoms with Crippen LogP contribution in [0.15, 0.2) is 10.8 Å². The van der Waals surface area contributed by atoms with E-state index in [1.807, 2.05) is 6.92 Å². The molecule has 0 aromatic carbocycles. The van der Waals surface area contributed by atoms with Crippen molar-refractivity contribution in [3.8, 4) is 0 Å². The summed E-state index contributed by atoms with van der Waals surface area (Å²) in [5.41, 5.74) is 0. The van der Waals surface area contributed by atoms with E-state index in [1.165, 1.54) is 13.5 Å². The van der Waals surface area contributed by atoms with E-state index in [2.05, 4.69) is 49.8 Å². The number of methoxy groups -OCH3 is 1. The van der Waals surface area contributed by atoms with Crippen molar-refractivity contribution in [2.24, 2.45) is 0 Å². The van der Waals surface area contributed by atoms with Gasteiger partial charge in [-0.1, -0.05) is 27.2 Å². The fraction of sp³-hybridized carbons (Fsp3) is 0.643. The molecule has 0 atom stereocenters. The summed E-state index contributed by atoms with van der Waals surface area (Å²) >= 11 is 3.26. The molecule has 0 unspecified atom stereocenters. The van der Waals surface area contributed by atoms with Gasteiger partial charge in [-0.05, 0) is 22.4 Å². The van der Waals surface area contributed by atoms with E-state index in [0.717, 1.165) is 11.0 Å². The first-order valence-electron chi connectivity index (χ1n) is 7.27. The molecule has 2 N–H and O–H groups in total. The Kier molecular flexibility index (Phi) is 11.2. The van der Waals surface area contributed by atoms with E-state index in [-0.39, 0.29) is 12.5 Å². The third-order valence-corrected chi connectivity index (χ3v) is 2.76. The van der Waals surface area contributed by atoms with Gasteiger partial charge in [-0.3, -0.25) is 4.79 Å². The van der Waals surface area contributed by atoms with Crippen LogP contribution in [0.5, 0.6) is 0 Å². The molecule has 1 aromatic heterocycles. The number of imidazole rings is 1. The third-order valence-electron chi connectivity index (χ3n) is 2.35. The van der Waals surface area contributed by atoms with Crippen LogP contribution in [-0.4, -0.2) is 47.1 Å². The zero-order valence-corrected chi connectivity index (χ0v) is 15.2.